The number of hydrogen-bond acceptors (Lipinski definition) is 3. The van der Waals surface area contributed by atoms with Crippen LogP contribution >= 0.6 is 0 Å². The van der Waals surface area contributed by atoms with Crippen LogP contribution in [0.25, 0.3) is 0 Å². The lowest BCUT2D eigenvalue weighted by molar-refractivity contribution is -0.139. The summed E-state index contributed by atoms with van der Waals surface area (Å²) in [6.45, 7) is 3.30. The number of nitrogens with two attached hydrogens (primary N) is 1. The summed E-state index contributed by atoms with van der Waals surface area (Å²) in [5, 5.41) is 10.9. The first-order valence-electron chi connectivity index (χ1n) is 4.54. The second kappa shape index (κ2) is 5.33. The van der Waals surface area contributed by atoms with Crippen LogP contribution in [0.4, 0.5) is 0 Å². The lowest BCUT2D eigenvalue weighted by atomic mass is 10.00. The van der Waals surface area contributed by atoms with E-state index < -0.39 is 23.3 Å². The molecule has 0 heterocycles. The number of carboxylic acid groups (broad SMARTS) is 1. The molecule has 0 saturated heterocycles. The first kappa shape index (κ1) is 13.4. The van der Waals surface area contributed by atoms with E-state index in [1.807, 2.05) is 0 Å². The highest BCUT2D eigenvalue weighted by molar-refractivity contribution is 5.82. The molecule has 0 unspecified atom stereocenters. The van der Waals surface area contributed by atoms with Crippen molar-refractivity contribution in [2.45, 2.75) is 38.6 Å². The van der Waals surface area contributed by atoms with Crippen LogP contribution in [0, 0.1) is 0 Å². The lowest BCUT2D eigenvalue weighted by Crippen LogP contribution is -2.46. The van der Waals surface area contributed by atoms with Crippen LogP contribution in [-0.4, -0.2) is 28.4 Å². The maximum absolute atomic E-state index is 11.2. The predicted molar refractivity (Wildman–Crippen MR) is 52.9 cm³/mol. The summed E-state index contributed by atoms with van der Waals surface area (Å²) in [5.74, 6) is -1.94. The van der Waals surface area contributed by atoms with Gasteiger partial charge in [0.1, 0.15) is 0 Å². The number of carbonyl (C=O) groups is 3. The molecule has 0 atom stereocenters. The van der Waals surface area contributed by atoms with E-state index in [-0.39, 0.29) is 19.3 Å². The third kappa shape index (κ3) is 7.48. The number of nitrogens with one attached hydrogen (secondary N) is 1. The number of carboxylic acids is 1. The van der Waals surface area contributed by atoms with Gasteiger partial charge >= 0.3 is 5.97 Å². The minimum Gasteiger partial charge on any atom is -0.481 e. The van der Waals surface area contributed by atoms with Crippen molar-refractivity contribution in [2.24, 2.45) is 5.73 Å². The Morgan fingerprint density at radius 1 is 1.27 bits per heavy atom. The van der Waals surface area contributed by atoms with Crippen LogP contribution < -0.4 is 11.1 Å². The molecule has 0 rings (SSSR count). The molecule has 0 fully saturated rings. The maximum Gasteiger partial charge on any atom is 0.303 e. The van der Waals surface area contributed by atoms with E-state index in [4.69, 9.17) is 10.8 Å². The highest BCUT2D eigenvalue weighted by Crippen LogP contribution is 2.07. The molecule has 0 aliphatic carbocycles. The summed E-state index contributed by atoms with van der Waals surface area (Å²) in [5.41, 5.74) is 4.26. The summed E-state index contributed by atoms with van der Waals surface area (Å²) in [6.07, 6.45) is -0.304. The van der Waals surface area contributed by atoms with Crippen molar-refractivity contribution in [3.8, 4) is 0 Å². The maximum atomic E-state index is 11.2. The quantitative estimate of drug-likeness (QED) is 0.562. The minimum absolute atomic E-state index is 0.0197. The Hall–Kier alpha value is -1.59. The summed E-state index contributed by atoms with van der Waals surface area (Å²) < 4.78 is 0. The van der Waals surface area contributed by atoms with Crippen LogP contribution in [-0.2, 0) is 14.4 Å². The van der Waals surface area contributed by atoms with Crippen LogP contribution in [0.1, 0.15) is 33.1 Å². The van der Waals surface area contributed by atoms with Crippen molar-refractivity contribution in [1.29, 1.82) is 0 Å². The van der Waals surface area contributed by atoms with Crippen LogP contribution in [0.3, 0.4) is 0 Å². The average molecular weight is 216 g/mol. The molecule has 0 aromatic heterocycles. The highest BCUT2D eigenvalue weighted by atomic mass is 16.4. The topological polar surface area (TPSA) is 109 Å². The molecule has 0 radical (unpaired) electrons. The third-order valence-corrected chi connectivity index (χ3v) is 1.66. The number of carbonyl (C=O) groups excluding carboxylic acids is 2. The summed E-state index contributed by atoms with van der Waals surface area (Å²) in [6, 6.07) is 0. The molecule has 2 amide bonds. The van der Waals surface area contributed by atoms with Crippen LogP contribution in [0.2, 0.25) is 0 Å². The zero-order chi connectivity index (χ0) is 12.1. The van der Waals surface area contributed by atoms with Gasteiger partial charge in [0.05, 0.1) is 6.42 Å². The Morgan fingerprint density at radius 3 is 2.20 bits per heavy atom. The van der Waals surface area contributed by atoms with Crippen LogP contribution in [0.15, 0.2) is 0 Å². The van der Waals surface area contributed by atoms with Crippen molar-refractivity contribution in [1.82, 2.24) is 5.32 Å². The van der Waals surface area contributed by atoms with Crippen molar-refractivity contribution in [3.63, 3.8) is 0 Å². The fraction of sp³-hybridized carbons (Fsp3) is 0.667. The van der Waals surface area contributed by atoms with E-state index in [1.165, 1.54) is 0 Å². The largest absolute Gasteiger partial charge is 0.481 e. The van der Waals surface area contributed by atoms with E-state index >= 15 is 0 Å². The van der Waals surface area contributed by atoms with Gasteiger partial charge < -0.3 is 16.2 Å². The highest BCUT2D eigenvalue weighted by Gasteiger charge is 2.22. The number of aliphatic carboxylic acids is 1. The first-order chi connectivity index (χ1) is 6.73. The molecule has 15 heavy (non-hydrogen) atoms. The second-order valence-corrected chi connectivity index (χ2v) is 3.97. The zero-order valence-electron chi connectivity index (χ0n) is 8.87. The van der Waals surface area contributed by atoms with Gasteiger partial charge in [0.15, 0.2) is 0 Å². The van der Waals surface area contributed by atoms with Gasteiger partial charge in [0.2, 0.25) is 11.8 Å². The van der Waals surface area contributed by atoms with Crippen LogP contribution in [0.5, 0.6) is 0 Å². The molecule has 6 nitrogen and oxygen atoms in total. The SMILES string of the molecule is CC(C)(CC(N)=O)NC(=O)CCC(=O)O. The van der Waals surface area contributed by atoms with E-state index in [0.717, 1.165) is 0 Å². The zero-order valence-corrected chi connectivity index (χ0v) is 8.87. The molecular weight excluding hydrogens is 200 g/mol. The average Bonchev–Trinajstić information content (AvgIpc) is 1.96. The first-order valence-corrected chi connectivity index (χ1v) is 4.54. The van der Waals surface area contributed by atoms with Crippen molar-refractivity contribution < 1.29 is 19.5 Å². The van der Waals surface area contributed by atoms with E-state index in [0.29, 0.717) is 0 Å². The van der Waals surface area contributed by atoms with Crippen molar-refractivity contribution >= 4 is 17.8 Å². The van der Waals surface area contributed by atoms with Gasteiger partial charge in [0.25, 0.3) is 0 Å². The Bertz CT molecular complexity index is 273. The van der Waals surface area contributed by atoms with Gasteiger partial charge in [-0.2, -0.15) is 0 Å². The Labute approximate surface area is 87.8 Å². The molecule has 0 aliphatic rings. The molecule has 0 bridgehead atoms. The molecule has 0 aromatic carbocycles. The standard InChI is InChI=1S/C9H16N2O4/c1-9(2,5-6(10)12)11-7(13)3-4-8(14)15/h3-5H2,1-2H3,(H2,10,12)(H,11,13)(H,14,15). The molecule has 0 spiro atoms. The minimum atomic E-state index is -1.03. The van der Waals surface area contributed by atoms with Crippen molar-refractivity contribution in [3.05, 3.63) is 0 Å². The Morgan fingerprint density at radius 2 is 1.80 bits per heavy atom. The molecule has 4 N–H and O–H groups in total. The fourth-order valence-corrected chi connectivity index (χ4v) is 1.14. The van der Waals surface area contributed by atoms with Crippen molar-refractivity contribution in [2.75, 3.05) is 0 Å². The summed E-state index contributed by atoms with van der Waals surface area (Å²) in [7, 11) is 0. The van der Waals surface area contributed by atoms with E-state index in [1.54, 1.807) is 13.8 Å². The lowest BCUT2D eigenvalue weighted by Gasteiger charge is -2.24. The molecule has 6 heteroatoms. The monoisotopic (exact) mass is 216 g/mol. The number of amides is 2. The van der Waals surface area contributed by atoms with Gasteiger partial charge in [-0.15, -0.1) is 0 Å². The Kier molecular flexibility index (Phi) is 4.77. The molecule has 0 aliphatic heterocycles. The van der Waals surface area contributed by atoms with Gasteiger partial charge in [-0.25, -0.2) is 0 Å². The molecular formula is C9H16N2O4. The van der Waals surface area contributed by atoms with Gasteiger partial charge in [-0.1, -0.05) is 0 Å². The molecule has 86 valence electrons. The summed E-state index contributed by atoms with van der Waals surface area (Å²) >= 11 is 0. The molecule has 0 saturated carbocycles. The normalized spacial score (nSPS) is 10.8. The van der Waals surface area contributed by atoms with E-state index in [9.17, 15) is 14.4 Å². The Balaban J connectivity index is 4.04. The second-order valence-electron chi connectivity index (χ2n) is 3.97. The smallest absolute Gasteiger partial charge is 0.303 e. The summed E-state index contributed by atoms with van der Waals surface area (Å²) in [4.78, 5) is 32.1. The number of hydrogen-bond donors (Lipinski definition) is 3. The molecule has 0 aromatic rings. The predicted octanol–water partition coefficient (Wildman–Crippen LogP) is -0.379. The van der Waals surface area contributed by atoms with Gasteiger partial charge in [0, 0.05) is 18.4 Å². The third-order valence-electron chi connectivity index (χ3n) is 1.66. The number of primary amides is 1. The fourth-order valence-electron chi connectivity index (χ4n) is 1.14. The van der Waals surface area contributed by atoms with Gasteiger partial charge in [-0.05, 0) is 13.8 Å². The number of rotatable bonds is 6. The van der Waals surface area contributed by atoms with Gasteiger partial charge in [-0.3, -0.25) is 14.4 Å². The van der Waals surface area contributed by atoms with E-state index in [2.05, 4.69) is 5.32 Å².